The number of aryl methyl sites for hydroxylation is 2. The molecule has 10 nitrogen and oxygen atoms in total. The molecule has 2 aliphatic rings. The summed E-state index contributed by atoms with van der Waals surface area (Å²) in [6.45, 7) is 3.30. The number of carbonyl (C=O) groups excluding carboxylic acids is 2. The van der Waals surface area contributed by atoms with E-state index in [1.807, 2.05) is 26.2 Å². The van der Waals surface area contributed by atoms with Crippen molar-refractivity contribution in [3.63, 3.8) is 0 Å². The van der Waals surface area contributed by atoms with Crippen molar-refractivity contribution < 1.29 is 13.7 Å². The Balaban J connectivity index is 1.59. The van der Waals surface area contributed by atoms with E-state index in [4.69, 9.17) is 9.10 Å². The Labute approximate surface area is 205 Å². The van der Waals surface area contributed by atoms with Crippen LogP contribution in [0.15, 0.2) is 12.3 Å². The van der Waals surface area contributed by atoms with E-state index in [2.05, 4.69) is 37.6 Å². The molecule has 3 aromatic heterocycles. The minimum atomic E-state index is -2.72. The lowest BCUT2D eigenvalue weighted by molar-refractivity contribution is -0.117. The third-order valence-electron chi connectivity index (χ3n) is 6.13. The van der Waals surface area contributed by atoms with Gasteiger partial charge in [0.25, 0.3) is 5.91 Å². The Morgan fingerprint density at radius 1 is 1.26 bits per heavy atom. The lowest BCUT2D eigenvalue weighted by Crippen LogP contribution is -2.27. The number of nitrogens with zero attached hydrogens (tertiary/aromatic N) is 5. The quantitative estimate of drug-likeness (QED) is 0.505. The number of rotatable bonds is 5. The highest BCUT2D eigenvalue weighted by Gasteiger charge is 2.34. The smallest absolute Gasteiger partial charge is 0.273 e. The normalized spacial score (nSPS) is 18.2. The van der Waals surface area contributed by atoms with E-state index in [0.717, 1.165) is 45.2 Å². The van der Waals surface area contributed by atoms with Gasteiger partial charge >= 0.3 is 0 Å². The van der Waals surface area contributed by atoms with E-state index < -0.39 is 12.9 Å². The van der Waals surface area contributed by atoms with Gasteiger partial charge in [-0.2, -0.15) is 0 Å². The minimum Gasteiger partial charge on any atom is -0.363 e. The van der Waals surface area contributed by atoms with Crippen LogP contribution in [0.25, 0.3) is 11.3 Å². The molecule has 176 valence electrons. The zero-order chi connectivity index (χ0) is 26.6. The molecule has 0 unspecified atom stereocenters. The maximum atomic E-state index is 12.8. The van der Waals surface area contributed by atoms with Crippen LogP contribution in [0.3, 0.4) is 0 Å². The number of nitrogens with one attached hydrogen (secondary N) is 3. The maximum Gasteiger partial charge on any atom is 0.273 e. The number of carbonyl (C=O) groups is 2. The van der Waals surface area contributed by atoms with Crippen molar-refractivity contribution in [1.82, 2.24) is 25.5 Å². The molecule has 3 N–H and O–H groups in total. The van der Waals surface area contributed by atoms with Crippen molar-refractivity contribution in [3.8, 4) is 11.3 Å². The van der Waals surface area contributed by atoms with Gasteiger partial charge in [0.05, 0.1) is 33.0 Å². The van der Waals surface area contributed by atoms with Crippen LogP contribution in [0.1, 0.15) is 55.9 Å². The Bertz CT molecular complexity index is 1420. The highest BCUT2D eigenvalue weighted by atomic mass is 32.1. The van der Waals surface area contributed by atoms with Crippen molar-refractivity contribution >= 4 is 46.2 Å². The van der Waals surface area contributed by atoms with Crippen LogP contribution in [0, 0.1) is 19.8 Å². The van der Waals surface area contributed by atoms with Crippen LogP contribution in [0.2, 0.25) is 0 Å². The standard InChI is InChI=1S/C23H26N8O2S/c1-10-9-25-21(19-16(10)18-20(11(2)31(19)5)34-12(3)26-18)27-14-8-15(28-22(32)13-6-7-13)29-30-17(14)23(33)24-4/h8-9,11,13H,6-7H2,1-5H3,(H,24,33)(H2,25,27,28,29,32)/t11-/m0/s1/i4D3. The van der Waals surface area contributed by atoms with Crippen molar-refractivity contribution in [2.24, 2.45) is 5.92 Å². The third-order valence-corrected chi connectivity index (χ3v) is 7.27. The van der Waals surface area contributed by atoms with Crippen LogP contribution in [-0.4, -0.2) is 46.0 Å². The van der Waals surface area contributed by atoms with Gasteiger partial charge in [0, 0.05) is 41.9 Å². The molecule has 1 aliphatic heterocycles. The highest BCUT2D eigenvalue weighted by molar-refractivity contribution is 7.12. The summed E-state index contributed by atoms with van der Waals surface area (Å²) in [4.78, 5) is 37.7. The highest BCUT2D eigenvalue weighted by Crippen LogP contribution is 2.50. The largest absolute Gasteiger partial charge is 0.363 e. The van der Waals surface area contributed by atoms with Gasteiger partial charge in [0.1, 0.15) is 0 Å². The molecule has 1 aliphatic carbocycles. The van der Waals surface area contributed by atoms with Crippen LogP contribution in [-0.2, 0) is 4.79 Å². The number of anilines is 4. The zero-order valence-electron chi connectivity index (χ0n) is 22.2. The number of hydrogen-bond donors (Lipinski definition) is 3. The van der Waals surface area contributed by atoms with Gasteiger partial charge in [0.2, 0.25) is 5.91 Å². The molecule has 3 aromatic rings. The number of aromatic nitrogens is 4. The lowest BCUT2D eigenvalue weighted by Gasteiger charge is -2.35. The van der Waals surface area contributed by atoms with E-state index in [1.165, 1.54) is 6.07 Å². The minimum absolute atomic E-state index is 0.0279. The van der Waals surface area contributed by atoms with Crippen LogP contribution in [0.4, 0.5) is 23.0 Å². The first-order chi connectivity index (χ1) is 17.4. The average Bonchev–Trinajstić information content (AvgIpc) is 3.59. The first-order valence-electron chi connectivity index (χ1n) is 12.4. The molecular formula is C23H26N8O2S. The van der Waals surface area contributed by atoms with Crippen molar-refractivity contribution in [3.05, 3.63) is 33.4 Å². The summed E-state index contributed by atoms with van der Waals surface area (Å²) >= 11 is 1.65. The predicted molar refractivity (Wildman–Crippen MR) is 132 cm³/mol. The van der Waals surface area contributed by atoms with E-state index in [1.54, 1.807) is 17.5 Å². The summed E-state index contributed by atoms with van der Waals surface area (Å²) in [6.07, 6.45) is 3.34. The summed E-state index contributed by atoms with van der Waals surface area (Å²) in [7, 11) is 1.96. The molecule has 4 heterocycles. The topological polar surface area (TPSA) is 125 Å². The summed E-state index contributed by atoms with van der Waals surface area (Å²) in [5.74, 6) is -0.596. The second kappa shape index (κ2) is 8.32. The van der Waals surface area contributed by atoms with E-state index in [-0.39, 0.29) is 35.1 Å². The number of pyridine rings is 1. The van der Waals surface area contributed by atoms with Gasteiger partial charge in [-0.1, -0.05) is 0 Å². The molecular weight excluding hydrogens is 452 g/mol. The fraction of sp³-hybridized carbons (Fsp3) is 0.391. The maximum absolute atomic E-state index is 12.8. The van der Waals surface area contributed by atoms with Gasteiger partial charge < -0.3 is 20.9 Å². The molecule has 1 atom stereocenters. The molecule has 1 fully saturated rings. The van der Waals surface area contributed by atoms with Crippen LogP contribution >= 0.6 is 11.3 Å². The third kappa shape index (κ3) is 3.75. The molecule has 0 spiro atoms. The van der Waals surface area contributed by atoms with Gasteiger partial charge in [-0.3, -0.25) is 9.59 Å². The zero-order valence-corrected chi connectivity index (χ0v) is 20.0. The molecule has 11 heteroatoms. The molecule has 34 heavy (non-hydrogen) atoms. The summed E-state index contributed by atoms with van der Waals surface area (Å²) in [5, 5.41) is 16.7. The van der Waals surface area contributed by atoms with Crippen molar-refractivity contribution in [2.75, 3.05) is 29.6 Å². The molecule has 2 amide bonds. The van der Waals surface area contributed by atoms with E-state index >= 15 is 0 Å². The monoisotopic (exact) mass is 481 g/mol. The van der Waals surface area contributed by atoms with Gasteiger partial charge in [-0.05, 0) is 39.2 Å². The molecule has 0 bridgehead atoms. The second-order valence-corrected chi connectivity index (χ2v) is 9.82. The fourth-order valence-corrected chi connectivity index (χ4v) is 5.11. The molecule has 5 rings (SSSR count). The SMILES string of the molecule is [2H]C([2H])([2H])NC(=O)c1nnc(NC(=O)C2CC2)cc1Nc1ncc(C)c2c1N(C)[C@@H](C)c1sc(C)nc1-2. The Kier molecular flexibility index (Phi) is 4.59. The molecule has 0 saturated heterocycles. The number of fused-ring (bicyclic) bond motifs is 3. The Morgan fingerprint density at radius 3 is 2.79 bits per heavy atom. The lowest BCUT2D eigenvalue weighted by atomic mass is 9.96. The van der Waals surface area contributed by atoms with Crippen LogP contribution < -0.4 is 20.9 Å². The first kappa shape index (κ1) is 18.8. The van der Waals surface area contributed by atoms with Gasteiger partial charge in [0.15, 0.2) is 17.3 Å². The Morgan fingerprint density at radius 2 is 2.06 bits per heavy atom. The number of hydrogen-bond acceptors (Lipinski definition) is 9. The van der Waals surface area contributed by atoms with Gasteiger partial charge in [-0.15, -0.1) is 21.5 Å². The number of amides is 2. The Hall–Kier alpha value is -3.60. The number of thiazole rings is 1. The van der Waals surface area contributed by atoms with E-state index in [0.29, 0.717) is 5.82 Å². The summed E-state index contributed by atoms with van der Waals surface area (Å²) in [5.41, 5.74) is 3.47. The first-order valence-corrected chi connectivity index (χ1v) is 11.7. The average molecular weight is 482 g/mol. The van der Waals surface area contributed by atoms with Gasteiger partial charge in [-0.25, -0.2) is 9.97 Å². The summed E-state index contributed by atoms with van der Waals surface area (Å²) in [6, 6.07) is 1.49. The van der Waals surface area contributed by atoms with Crippen molar-refractivity contribution in [1.29, 1.82) is 0 Å². The predicted octanol–water partition coefficient (Wildman–Crippen LogP) is 3.57. The molecule has 0 aromatic carbocycles. The summed E-state index contributed by atoms with van der Waals surface area (Å²) < 4.78 is 22.2. The molecule has 0 radical (unpaired) electrons. The molecule has 1 saturated carbocycles. The van der Waals surface area contributed by atoms with Crippen molar-refractivity contribution in [2.45, 2.75) is 39.7 Å². The van der Waals surface area contributed by atoms with E-state index in [9.17, 15) is 9.59 Å². The second-order valence-electron chi connectivity index (χ2n) is 8.58. The van der Waals surface area contributed by atoms with Crippen LogP contribution in [0.5, 0.6) is 0 Å². The fourth-order valence-electron chi connectivity index (χ4n) is 4.08.